The number of aromatic nitrogens is 2. The standard InChI is InChI=1S/C32H29ClN8O10S2/c1-2-20(26(44)37-50)51-38-22(16-13-53-32(34)35-16)27(45)36-23-29(47)41-24(31(48)49)14(12-52-30(23)41)11-39-9-3-6-18-17(39)5-4-10-40(18)28(46)15-7-8-19(42)25(43)21(15)33/h3,6-9,13,20,23,30H,2,4-5,10-12H2,1H3,(H5-,34,35,36,37,38,42,43,44,45,46,48,49,50)/p+1/t20-,23+,30+/m0/s1. The molecule has 21 heteroatoms. The van der Waals surface area contributed by atoms with Gasteiger partial charge in [-0.05, 0) is 31.0 Å². The van der Waals surface area contributed by atoms with E-state index in [0.29, 0.717) is 30.6 Å². The first kappa shape index (κ1) is 37.2. The summed E-state index contributed by atoms with van der Waals surface area (Å²) in [5.74, 6) is -5.50. The smallest absolute Gasteiger partial charge is 0.352 e. The fraction of sp³-hybridized carbons (Fsp3) is 0.312. The molecule has 3 aromatic rings. The third-order valence-electron chi connectivity index (χ3n) is 8.70. The number of carbonyl (C=O) groups excluding carboxylic acids is 4. The van der Waals surface area contributed by atoms with Crippen molar-refractivity contribution in [2.75, 3.05) is 22.9 Å². The summed E-state index contributed by atoms with van der Waals surface area (Å²) in [6, 6.07) is 4.77. The molecule has 18 nitrogen and oxygen atoms in total. The number of phenols is 2. The number of nitroso groups, excluding NO2 is 1. The molecule has 0 radical (unpaired) electrons. The van der Waals surface area contributed by atoms with Crippen molar-refractivity contribution in [2.24, 2.45) is 10.3 Å². The minimum absolute atomic E-state index is 0.00848. The van der Waals surface area contributed by atoms with E-state index in [9.17, 15) is 44.2 Å². The molecule has 2 aromatic heterocycles. The molecule has 3 aliphatic rings. The van der Waals surface area contributed by atoms with Gasteiger partial charge in [0.15, 0.2) is 35.1 Å². The number of β-lactam (4-membered cyclic amide) rings is 1. The van der Waals surface area contributed by atoms with Crippen molar-refractivity contribution in [1.29, 1.82) is 0 Å². The summed E-state index contributed by atoms with van der Waals surface area (Å²) in [6.07, 6.45) is 1.50. The maximum atomic E-state index is 13.6. The maximum absolute atomic E-state index is 13.6. The molecule has 6 N–H and O–H groups in total. The number of phenolic OH excluding ortho intramolecular Hbond substituents is 2. The summed E-state index contributed by atoms with van der Waals surface area (Å²) in [7, 11) is 0. The molecule has 1 fully saturated rings. The number of hydrogen-bond acceptors (Lipinski definition) is 14. The highest BCUT2D eigenvalue weighted by atomic mass is 35.5. The number of thiazole rings is 1. The SMILES string of the molecule is CC[C@H](O/N=C(\C(=O)N[C@@H]1C(=O)N2C(C(=O)O)=C(C[n+]3cccc4c3CCCN4C(=O)c3ccc(O)c(O)c3Cl)CS[C@H]12)c1csc(N)n1)C(=O)N=O. The molecule has 276 valence electrons. The van der Waals surface area contributed by atoms with Crippen LogP contribution < -0.4 is 20.5 Å². The van der Waals surface area contributed by atoms with Gasteiger partial charge in [0.05, 0.1) is 10.6 Å². The highest BCUT2D eigenvalue weighted by Gasteiger charge is 2.55. The Balaban J connectivity index is 1.23. The van der Waals surface area contributed by atoms with E-state index in [1.165, 1.54) is 41.1 Å². The Morgan fingerprint density at radius 1 is 1.25 bits per heavy atom. The molecule has 5 heterocycles. The van der Waals surface area contributed by atoms with E-state index in [4.69, 9.17) is 22.2 Å². The van der Waals surface area contributed by atoms with Crippen LogP contribution in [0, 0.1) is 4.91 Å². The van der Waals surface area contributed by atoms with Gasteiger partial charge >= 0.3 is 11.9 Å². The molecule has 53 heavy (non-hydrogen) atoms. The van der Waals surface area contributed by atoms with Crippen LogP contribution >= 0.6 is 34.7 Å². The number of rotatable bonds is 11. The number of carbonyl (C=O) groups is 5. The van der Waals surface area contributed by atoms with Gasteiger partial charge in [-0.1, -0.05) is 23.7 Å². The van der Waals surface area contributed by atoms with Crippen molar-refractivity contribution in [3.63, 3.8) is 0 Å². The Morgan fingerprint density at radius 2 is 2.02 bits per heavy atom. The van der Waals surface area contributed by atoms with Gasteiger partial charge in [0.25, 0.3) is 17.7 Å². The number of fused-ring (bicyclic) bond motifs is 2. The van der Waals surface area contributed by atoms with Gasteiger partial charge in [-0.25, -0.2) is 9.78 Å². The number of carboxylic acid groups (broad SMARTS) is 1. The number of halogens is 1. The van der Waals surface area contributed by atoms with Crippen LogP contribution in [-0.4, -0.2) is 90.3 Å². The number of hydrogen-bond donors (Lipinski definition) is 5. The number of oxime groups is 1. The molecule has 0 aliphatic carbocycles. The topological polar surface area (TPSA) is 258 Å². The molecular formula is C32H30ClN8O10S2+. The highest BCUT2D eigenvalue weighted by molar-refractivity contribution is 8.00. The van der Waals surface area contributed by atoms with Crippen LogP contribution in [0.15, 0.2) is 57.4 Å². The highest BCUT2D eigenvalue weighted by Crippen LogP contribution is 2.41. The molecule has 3 aliphatic heterocycles. The number of amides is 4. The molecule has 1 saturated heterocycles. The van der Waals surface area contributed by atoms with E-state index in [0.717, 1.165) is 21.9 Å². The molecular weight excluding hydrogens is 756 g/mol. The van der Waals surface area contributed by atoms with Crippen LogP contribution in [0.25, 0.3) is 0 Å². The van der Waals surface area contributed by atoms with Gasteiger partial charge in [-0.2, -0.15) is 4.57 Å². The minimum atomic E-state index is -1.37. The summed E-state index contributed by atoms with van der Waals surface area (Å²) in [6.45, 7) is 1.95. The number of thioether (sulfide) groups is 1. The van der Waals surface area contributed by atoms with E-state index in [-0.39, 0.29) is 45.8 Å². The number of anilines is 2. The number of nitrogens with zero attached hydrogens (tertiary/aromatic N) is 6. The molecule has 6 rings (SSSR count). The van der Waals surface area contributed by atoms with E-state index in [2.05, 4.69) is 20.6 Å². The Labute approximate surface area is 312 Å². The zero-order valence-corrected chi connectivity index (χ0v) is 30.0. The number of benzene rings is 1. The predicted octanol–water partition coefficient (Wildman–Crippen LogP) is 1.90. The first-order valence-corrected chi connectivity index (χ1v) is 18.2. The average molecular weight is 786 g/mol. The second-order valence-corrected chi connectivity index (χ2v) is 14.3. The lowest BCUT2D eigenvalue weighted by Crippen LogP contribution is -2.71. The second kappa shape index (κ2) is 15.2. The van der Waals surface area contributed by atoms with Gasteiger partial charge < -0.3 is 36.1 Å². The maximum Gasteiger partial charge on any atom is 0.352 e. The molecule has 0 bridgehead atoms. The van der Waals surface area contributed by atoms with Crippen LogP contribution in [0.3, 0.4) is 0 Å². The van der Waals surface area contributed by atoms with E-state index in [1.54, 1.807) is 18.3 Å². The number of nitrogens with one attached hydrogen (secondary N) is 1. The number of aromatic hydroxyl groups is 2. The second-order valence-electron chi connectivity index (χ2n) is 11.9. The zero-order chi connectivity index (χ0) is 38.1. The fourth-order valence-electron chi connectivity index (χ4n) is 6.13. The Bertz CT molecular complexity index is 2120. The van der Waals surface area contributed by atoms with Crippen molar-refractivity contribution in [2.45, 2.75) is 50.3 Å². The van der Waals surface area contributed by atoms with E-state index in [1.807, 2.05) is 4.57 Å². The summed E-state index contributed by atoms with van der Waals surface area (Å²) in [4.78, 5) is 87.5. The van der Waals surface area contributed by atoms with Crippen molar-refractivity contribution in [3.05, 3.63) is 74.0 Å². The lowest BCUT2D eigenvalue weighted by atomic mass is 10.0. The Hall–Kier alpha value is -5.60. The monoisotopic (exact) mass is 785 g/mol. The largest absolute Gasteiger partial charge is 0.504 e. The first-order chi connectivity index (χ1) is 25.4. The fourth-order valence-corrected chi connectivity index (χ4v) is 8.25. The summed E-state index contributed by atoms with van der Waals surface area (Å²) < 4.78 is 1.81. The average Bonchev–Trinajstić information content (AvgIpc) is 3.58. The summed E-state index contributed by atoms with van der Waals surface area (Å²) in [5.41, 5.74) is 6.72. The lowest BCUT2D eigenvalue weighted by Gasteiger charge is -2.49. The molecule has 4 amide bonds. The summed E-state index contributed by atoms with van der Waals surface area (Å²) in [5, 5.41) is 39.3. The van der Waals surface area contributed by atoms with Crippen LogP contribution in [0.4, 0.5) is 10.8 Å². The van der Waals surface area contributed by atoms with Crippen molar-refractivity contribution in [1.82, 2.24) is 15.2 Å². The number of aliphatic carboxylic acids is 1. The molecule has 1 aromatic carbocycles. The summed E-state index contributed by atoms with van der Waals surface area (Å²) >= 11 is 8.42. The van der Waals surface area contributed by atoms with Gasteiger partial charge in [0.1, 0.15) is 28.5 Å². The zero-order valence-electron chi connectivity index (χ0n) is 27.6. The number of pyridine rings is 1. The van der Waals surface area contributed by atoms with Gasteiger partial charge in [-0.15, -0.1) is 28.0 Å². The van der Waals surface area contributed by atoms with Crippen molar-refractivity contribution >= 4 is 80.8 Å². The lowest BCUT2D eigenvalue weighted by molar-refractivity contribution is -0.695. The van der Waals surface area contributed by atoms with Crippen molar-refractivity contribution < 1.29 is 48.7 Å². The number of nitrogens with two attached hydrogens (primary N) is 1. The molecule has 0 saturated carbocycles. The Kier molecular flexibility index (Phi) is 10.6. The quantitative estimate of drug-likeness (QED) is 0.0465. The van der Waals surface area contributed by atoms with Crippen LogP contribution in [0.5, 0.6) is 11.5 Å². The third kappa shape index (κ3) is 6.99. The van der Waals surface area contributed by atoms with E-state index >= 15 is 0 Å². The van der Waals surface area contributed by atoms with Gasteiger partial charge in [0.2, 0.25) is 11.8 Å². The van der Waals surface area contributed by atoms with Crippen molar-refractivity contribution in [3.8, 4) is 11.5 Å². The number of nitrogen functional groups attached to an aromatic ring is 1. The van der Waals surface area contributed by atoms with Gasteiger partial charge in [-0.3, -0.25) is 24.1 Å². The van der Waals surface area contributed by atoms with Crippen LogP contribution in [-0.2, 0) is 37.0 Å². The minimum Gasteiger partial charge on any atom is -0.504 e. The molecule has 0 spiro atoms. The van der Waals surface area contributed by atoms with Gasteiger partial charge in [0, 0.05) is 40.9 Å². The van der Waals surface area contributed by atoms with E-state index < -0.39 is 64.3 Å². The number of carboxylic acids is 1. The Morgan fingerprint density at radius 3 is 2.70 bits per heavy atom. The third-order valence-corrected chi connectivity index (χ3v) is 11.1. The first-order valence-electron chi connectivity index (χ1n) is 15.9. The normalized spacial score (nSPS) is 18.8. The van der Waals surface area contributed by atoms with Crippen LogP contribution in [0.2, 0.25) is 5.02 Å². The predicted molar refractivity (Wildman–Crippen MR) is 190 cm³/mol. The molecule has 3 atom stereocenters. The molecule has 0 unspecified atom stereocenters. The van der Waals surface area contributed by atoms with Crippen LogP contribution in [0.1, 0.15) is 41.5 Å².